The van der Waals surface area contributed by atoms with E-state index in [1.807, 2.05) is 12.2 Å². The number of esters is 2. The molecule has 6 aliphatic rings. The quantitative estimate of drug-likeness (QED) is 0.101. The average Bonchev–Trinajstić information content (AvgIpc) is 3.93. The average molecular weight is 911 g/mol. The molecule has 0 aromatic carbocycles. The molecule has 0 radical (unpaired) electrons. The highest BCUT2D eigenvalue weighted by molar-refractivity contribution is 8.01. The zero-order valence-corrected chi connectivity index (χ0v) is 37.8. The first kappa shape index (κ1) is 47.8. The SMILES string of the molecule is C=C1/C(=C\C=C2/CCC[C@@]3(C)C2CCC3[C@@H](C)/C=C/C(O)C2CC2)C[C@@H](OC(=O)CSC2CC(=O)N(CCCC(=O)OCC3OC(n4ccc(N)nc4=O)C(C)(F)C3O)C2=O)C[C@@H]1O. The number of aromatic nitrogens is 2. The van der Waals surface area contributed by atoms with Crippen LogP contribution in [-0.2, 0) is 33.4 Å². The van der Waals surface area contributed by atoms with E-state index in [4.69, 9.17) is 19.9 Å². The Labute approximate surface area is 377 Å². The maximum absolute atomic E-state index is 15.5. The minimum absolute atomic E-state index is 0.0635. The summed E-state index contributed by atoms with van der Waals surface area (Å²) in [6, 6.07) is 1.28. The van der Waals surface area contributed by atoms with Crippen LogP contribution in [0.2, 0.25) is 0 Å². The lowest BCUT2D eigenvalue weighted by atomic mass is 9.61. The van der Waals surface area contributed by atoms with Crippen molar-refractivity contribution in [2.24, 2.45) is 29.1 Å². The van der Waals surface area contributed by atoms with E-state index in [0.717, 1.165) is 72.3 Å². The highest BCUT2D eigenvalue weighted by Crippen LogP contribution is 2.59. The van der Waals surface area contributed by atoms with Crippen molar-refractivity contribution in [1.82, 2.24) is 14.5 Å². The summed E-state index contributed by atoms with van der Waals surface area (Å²) >= 11 is 1.01. The van der Waals surface area contributed by atoms with Crippen LogP contribution in [0.25, 0.3) is 0 Å². The number of fused-ring (bicyclic) bond motifs is 1. The number of allylic oxidation sites excluding steroid dienone is 4. The standard InChI is InChI=1S/C47H63FN4O11S/c1-26(9-16-34(53)29-11-12-29)32-14-15-33-28(7-5-18-46(32,33)3)10-13-30-21-31(22-35(54)27(30)2)62-41(57)25-64-37-23-39(55)51(43(37)59)19-6-8-40(56)61-24-36-42(58)47(4,48)44(63-36)52-20-17-38(49)50-45(52)60/h9-10,13,16-17,20,26,29,31-37,42,44,53-54,58H,2,5-8,11-12,14-15,18-19,21-25H2,1,3-4H3,(H2,49,50,60)/b16-9+,28-10+,30-13-/t26-,31+,32?,33?,34?,35-,36?,37?,42?,44?,46+,47?/m0/s1. The molecule has 350 valence electrons. The number of nitrogen functional groups attached to an aromatic ring is 1. The predicted molar refractivity (Wildman–Crippen MR) is 236 cm³/mol. The number of carbonyl (C=O) groups is 4. The van der Waals surface area contributed by atoms with Crippen LogP contribution in [0, 0.1) is 29.1 Å². The molecule has 0 bridgehead atoms. The van der Waals surface area contributed by atoms with Crippen molar-refractivity contribution in [2.45, 2.75) is 145 Å². The fourth-order valence-electron chi connectivity index (χ4n) is 10.7. The molecule has 15 nitrogen and oxygen atoms in total. The summed E-state index contributed by atoms with van der Waals surface area (Å²) in [6.45, 7) is 9.34. The number of hydrogen-bond acceptors (Lipinski definition) is 14. The highest BCUT2D eigenvalue weighted by Gasteiger charge is 2.56. The molecule has 6 fully saturated rings. The highest BCUT2D eigenvalue weighted by atomic mass is 32.2. The number of anilines is 1. The van der Waals surface area contributed by atoms with Crippen molar-refractivity contribution >= 4 is 41.3 Å². The van der Waals surface area contributed by atoms with Gasteiger partial charge in [-0.1, -0.05) is 50.3 Å². The third kappa shape index (κ3) is 10.4. The van der Waals surface area contributed by atoms with Crippen molar-refractivity contribution in [2.75, 3.05) is 24.6 Å². The summed E-state index contributed by atoms with van der Waals surface area (Å²) in [4.78, 5) is 68.4. The molecular weight excluding hydrogens is 848 g/mol. The number of halogens is 1. The van der Waals surface area contributed by atoms with Crippen LogP contribution in [0.4, 0.5) is 10.2 Å². The topological polar surface area (TPSA) is 221 Å². The predicted octanol–water partition coefficient (Wildman–Crippen LogP) is 4.65. The molecule has 4 saturated carbocycles. The van der Waals surface area contributed by atoms with Crippen LogP contribution in [0.1, 0.15) is 104 Å². The van der Waals surface area contributed by atoms with Gasteiger partial charge in [0.15, 0.2) is 11.9 Å². The van der Waals surface area contributed by atoms with Crippen LogP contribution in [0.3, 0.4) is 0 Å². The van der Waals surface area contributed by atoms with Gasteiger partial charge in [0.05, 0.1) is 23.2 Å². The monoisotopic (exact) mass is 910 g/mol. The number of amides is 2. The number of nitrogens with two attached hydrogens (primary N) is 1. The molecule has 1 aromatic rings. The van der Waals surface area contributed by atoms with E-state index >= 15 is 4.39 Å². The maximum Gasteiger partial charge on any atom is 0.351 e. The summed E-state index contributed by atoms with van der Waals surface area (Å²) < 4.78 is 32.9. The van der Waals surface area contributed by atoms with E-state index in [1.54, 1.807) is 0 Å². The molecule has 4 aliphatic carbocycles. The molecule has 1 aromatic heterocycles. The van der Waals surface area contributed by atoms with Crippen LogP contribution in [-0.4, -0.2) is 114 Å². The van der Waals surface area contributed by atoms with Gasteiger partial charge in [-0.2, -0.15) is 4.98 Å². The number of carbonyl (C=O) groups excluding carboxylic acids is 4. The largest absolute Gasteiger partial charge is 0.463 e. The lowest BCUT2D eigenvalue weighted by Crippen LogP contribution is -2.43. The first-order valence-electron chi connectivity index (χ1n) is 22.7. The number of thioether (sulfide) groups is 1. The molecule has 2 aliphatic heterocycles. The van der Waals surface area contributed by atoms with Gasteiger partial charge in [0, 0.05) is 38.4 Å². The van der Waals surface area contributed by atoms with Crippen molar-refractivity contribution in [1.29, 1.82) is 0 Å². The Bertz CT molecular complexity index is 2120. The Morgan fingerprint density at radius 3 is 2.62 bits per heavy atom. The Morgan fingerprint density at radius 1 is 1.12 bits per heavy atom. The fourth-order valence-corrected chi connectivity index (χ4v) is 11.6. The minimum atomic E-state index is -2.43. The van der Waals surface area contributed by atoms with Gasteiger partial charge < -0.3 is 35.3 Å². The zero-order chi connectivity index (χ0) is 46.1. The van der Waals surface area contributed by atoms with E-state index in [0.29, 0.717) is 35.7 Å². The van der Waals surface area contributed by atoms with E-state index < -0.39 is 77.6 Å². The van der Waals surface area contributed by atoms with Crippen LogP contribution in [0.15, 0.2) is 64.7 Å². The van der Waals surface area contributed by atoms with Gasteiger partial charge in [0.1, 0.15) is 30.7 Å². The van der Waals surface area contributed by atoms with Gasteiger partial charge in [0.2, 0.25) is 11.8 Å². The summed E-state index contributed by atoms with van der Waals surface area (Å²) in [5.41, 5.74) is 5.23. The number of hydrogen-bond donors (Lipinski definition) is 4. The molecule has 2 saturated heterocycles. The Hall–Kier alpha value is -4.16. The molecule has 17 heteroatoms. The number of alkyl halides is 1. The smallest absolute Gasteiger partial charge is 0.351 e. The van der Waals surface area contributed by atoms with Gasteiger partial charge in [-0.3, -0.25) is 28.6 Å². The molecule has 2 amide bonds. The second kappa shape index (κ2) is 19.7. The molecule has 64 heavy (non-hydrogen) atoms. The number of nitrogens with zero attached hydrogens (tertiary/aromatic N) is 3. The molecule has 0 spiro atoms. The summed E-state index contributed by atoms with van der Waals surface area (Å²) in [6.07, 6.45) is 11.4. The van der Waals surface area contributed by atoms with E-state index in [1.165, 1.54) is 24.3 Å². The maximum atomic E-state index is 15.5. The number of likely N-dealkylation sites (tertiary alicyclic amines) is 1. The molecule has 7 rings (SSSR count). The lowest BCUT2D eigenvalue weighted by Gasteiger charge is -2.44. The molecule has 8 unspecified atom stereocenters. The Balaban J connectivity index is 0.843. The summed E-state index contributed by atoms with van der Waals surface area (Å²) in [5, 5.41) is 31.1. The number of aliphatic hydroxyl groups is 3. The Morgan fingerprint density at radius 2 is 1.89 bits per heavy atom. The first-order valence-corrected chi connectivity index (χ1v) is 23.7. The number of rotatable bonds is 16. The van der Waals surface area contributed by atoms with Crippen molar-refractivity contribution in [3.63, 3.8) is 0 Å². The first-order chi connectivity index (χ1) is 30.4. The fraction of sp³-hybridized carbons (Fsp3) is 0.660. The molecule has 12 atom stereocenters. The second-order valence-corrected chi connectivity index (χ2v) is 20.2. The number of imide groups is 1. The lowest BCUT2D eigenvalue weighted by molar-refractivity contribution is -0.151. The number of ether oxygens (including phenoxy) is 3. The zero-order valence-electron chi connectivity index (χ0n) is 36.9. The third-order valence-electron chi connectivity index (χ3n) is 14.5. The third-order valence-corrected chi connectivity index (χ3v) is 15.7. The van der Waals surface area contributed by atoms with E-state index in [-0.39, 0.29) is 55.3 Å². The van der Waals surface area contributed by atoms with Crippen molar-refractivity contribution < 1.29 is 53.1 Å². The van der Waals surface area contributed by atoms with Gasteiger partial charge >= 0.3 is 17.6 Å². The van der Waals surface area contributed by atoms with Gasteiger partial charge in [-0.05, 0) is 105 Å². The molecule has 5 N–H and O–H groups in total. The minimum Gasteiger partial charge on any atom is -0.463 e. The Kier molecular flexibility index (Phi) is 14.7. The van der Waals surface area contributed by atoms with Gasteiger partial charge in [-0.25, -0.2) is 9.18 Å². The van der Waals surface area contributed by atoms with Crippen LogP contribution < -0.4 is 11.4 Å². The van der Waals surface area contributed by atoms with Gasteiger partial charge in [-0.15, -0.1) is 11.8 Å². The summed E-state index contributed by atoms with van der Waals surface area (Å²) in [7, 11) is 0. The van der Waals surface area contributed by atoms with E-state index in [9.17, 15) is 39.3 Å². The molecule has 3 heterocycles. The van der Waals surface area contributed by atoms with Crippen LogP contribution >= 0.6 is 11.8 Å². The summed E-state index contributed by atoms with van der Waals surface area (Å²) in [5.74, 6) is -0.661. The second-order valence-electron chi connectivity index (χ2n) is 19.0. The number of aliphatic hydroxyl groups excluding tert-OH is 3. The normalized spacial score (nSPS) is 35.4. The molecular formula is C47H63FN4O11S. The van der Waals surface area contributed by atoms with E-state index in [2.05, 4.69) is 37.6 Å². The van der Waals surface area contributed by atoms with Crippen LogP contribution in [0.5, 0.6) is 0 Å². The van der Waals surface area contributed by atoms with Crippen molar-refractivity contribution in [3.8, 4) is 0 Å². The van der Waals surface area contributed by atoms with Crippen molar-refractivity contribution in [3.05, 3.63) is 70.3 Å². The van der Waals surface area contributed by atoms with Gasteiger partial charge in [0.25, 0.3) is 0 Å².